The van der Waals surface area contributed by atoms with E-state index in [2.05, 4.69) is 15.9 Å². The maximum Gasteiger partial charge on any atom is 0.0465 e. The molecule has 2 aromatic carbocycles. The van der Waals surface area contributed by atoms with Gasteiger partial charge in [0, 0.05) is 59.9 Å². The largest absolute Gasteiger partial charge is 0.297 e. The zero-order valence-electron chi connectivity index (χ0n) is 12.8. The van der Waals surface area contributed by atoms with Crippen molar-refractivity contribution in [2.75, 3.05) is 26.2 Å². The summed E-state index contributed by atoms with van der Waals surface area (Å²) >= 11 is 18.6. The minimum absolute atomic E-state index is 0.749. The molecule has 3 rings (SSSR count). The lowest BCUT2D eigenvalue weighted by molar-refractivity contribution is 0.122. The SMILES string of the molecule is Clc1cccc(CN2CCN(Cc3c(Cl)cccc3Cl)CC2)c1. The lowest BCUT2D eigenvalue weighted by Crippen LogP contribution is -2.45. The van der Waals surface area contributed by atoms with Crippen molar-refractivity contribution < 1.29 is 0 Å². The third kappa shape index (κ3) is 4.62. The Kier molecular flexibility index (Phi) is 5.84. The fourth-order valence-corrected chi connectivity index (χ4v) is 3.64. The molecule has 2 aromatic rings. The van der Waals surface area contributed by atoms with Gasteiger partial charge in [0.25, 0.3) is 0 Å². The molecule has 122 valence electrons. The zero-order valence-corrected chi connectivity index (χ0v) is 15.1. The second-order valence-electron chi connectivity index (χ2n) is 5.88. The quantitative estimate of drug-likeness (QED) is 0.751. The predicted octanol–water partition coefficient (Wildman–Crippen LogP) is 4.96. The number of rotatable bonds is 4. The highest BCUT2D eigenvalue weighted by molar-refractivity contribution is 6.36. The van der Waals surface area contributed by atoms with Crippen LogP contribution < -0.4 is 0 Å². The van der Waals surface area contributed by atoms with Crippen LogP contribution in [0.15, 0.2) is 42.5 Å². The predicted molar refractivity (Wildman–Crippen MR) is 98.5 cm³/mol. The average molecular weight is 370 g/mol. The van der Waals surface area contributed by atoms with E-state index in [0.717, 1.165) is 59.9 Å². The molecule has 1 saturated heterocycles. The smallest absolute Gasteiger partial charge is 0.0465 e. The van der Waals surface area contributed by atoms with E-state index in [1.807, 2.05) is 36.4 Å². The summed E-state index contributed by atoms with van der Waals surface area (Å²) in [6.45, 7) is 5.86. The van der Waals surface area contributed by atoms with Crippen LogP contribution in [0, 0.1) is 0 Å². The van der Waals surface area contributed by atoms with Crippen molar-refractivity contribution in [3.8, 4) is 0 Å². The lowest BCUT2D eigenvalue weighted by atomic mass is 10.1. The van der Waals surface area contributed by atoms with Gasteiger partial charge in [0.2, 0.25) is 0 Å². The van der Waals surface area contributed by atoms with Gasteiger partial charge in [0.05, 0.1) is 0 Å². The maximum absolute atomic E-state index is 6.27. The Morgan fingerprint density at radius 1 is 0.739 bits per heavy atom. The maximum atomic E-state index is 6.27. The molecule has 0 aromatic heterocycles. The van der Waals surface area contributed by atoms with Gasteiger partial charge >= 0.3 is 0 Å². The van der Waals surface area contributed by atoms with Crippen molar-refractivity contribution in [1.29, 1.82) is 0 Å². The highest BCUT2D eigenvalue weighted by Gasteiger charge is 2.19. The Morgan fingerprint density at radius 3 is 1.91 bits per heavy atom. The monoisotopic (exact) mass is 368 g/mol. The van der Waals surface area contributed by atoms with Crippen LogP contribution in [-0.4, -0.2) is 36.0 Å². The van der Waals surface area contributed by atoms with Gasteiger partial charge in [0.1, 0.15) is 0 Å². The molecule has 1 aliphatic rings. The Bertz CT molecular complexity index is 647. The van der Waals surface area contributed by atoms with Crippen molar-refractivity contribution in [1.82, 2.24) is 9.80 Å². The topological polar surface area (TPSA) is 6.48 Å². The highest BCUT2D eigenvalue weighted by atomic mass is 35.5. The average Bonchev–Trinajstić information content (AvgIpc) is 2.53. The second kappa shape index (κ2) is 7.87. The molecule has 0 unspecified atom stereocenters. The second-order valence-corrected chi connectivity index (χ2v) is 7.13. The van der Waals surface area contributed by atoms with E-state index in [4.69, 9.17) is 34.8 Å². The molecule has 0 bridgehead atoms. The Morgan fingerprint density at radius 2 is 1.30 bits per heavy atom. The molecule has 0 radical (unpaired) electrons. The Labute approximate surface area is 152 Å². The highest BCUT2D eigenvalue weighted by Crippen LogP contribution is 2.26. The van der Waals surface area contributed by atoms with Crippen molar-refractivity contribution >= 4 is 34.8 Å². The number of hydrogen-bond acceptors (Lipinski definition) is 2. The minimum Gasteiger partial charge on any atom is -0.297 e. The Hall–Kier alpha value is -0.770. The number of halogens is 3. The molecule has 1 fully saturated rings. The van der Waals surface area contributed by atoms with Crippen LogP contribution >= 0.6 is 34.8 Å². The first-order valence-electron chi connectivity index (χ1n) is 7.74. The van der Waals surface area contributed by atoms with Crippen LogP contribution in [0.4, 0.5) is 0 Å². The molecule has 5 heteroatoms. The molecule has 0 N–H and O–H groups in total. The number of piperazine rings is 1. The molecule has 0 aliphatic carbocycles. The normalized spacial score (nSPS) is 16.7. The standard InChI is InChI=1S/C18H19Cl3N2/c19-15-4-1-3-14(11-15)12-22-7-9-23(10-8-22)13-16-17(20)5-2-6-18(16)21/h1-6,11H,7-10,12-13H2. The van der Waals surface area contributed by atoms with E-state index in [0.29, 0.717) is 0 Å². The summed E-state index contributed by atoms with van der Waals surface area (Å²) in [5.74, 6) is 0. The summed E-state index contributed by atoms with van der Waals surface area (Å²) in [7, 11) is 0. The molecular formula is C18H19Cl3N2. The Balaban J connectivity index is 1.54. The van der Waals surface area contributed by atoms with Crippen LogP contribution in [-0.2, 0) is 13.1 Å². The summed E-state index contributed by atoms with van der Waals surface area (Å²) in [6.07, 6.45) is 0. The van der Waals surface area contributed by atoms with E-state index < -0.39 is 0 Å². The van der Waals surface area contributed by atoms with Crippen molar-refractivity contribution in [2.24, 2.45) is 0 Å². The third-order valence-corrected chi connectivity index (χ3v) is 5.15. The summed E-state index contributed by atoms with van der Waals surface area (Å²) in [5, 5.41) is 2.30. The van der Waals surface area contributed by atoms with Crippen LogP contribution in [0.25, 0.3) is 0 Å². The van der Waals surface area contributed by atoms with E-state index >= 15 is 0 Å². The summed E-state index contributed by atoms with van der Waals surface area (Å²) in [6, 6.07) is 13.8. The van der Waals surface area contributed by atoms with Gasteiger partial charge < -0.3 is 0 Å². The molecule has 2 nitrogen and oxygen atoms in total. The van der Waals surface area contributed by atoms with Gasteiger partial charge in [-0.1, -0.05) is 53.0 Å². The minimum atomic E-state index is 0.749. The molecule has 1 aliphatic heterocycles. The number of nitrogens with zero attached hydrogens (tertiary/aromatic N) is 2. The van der Waals surface area contributed by atoms with E-state index in [9.17, 15) is 0 Å². The molecule has 0 atom stereocenters. The van der Waals surface area contributed by atoms with Crippen molar-refractivity contribution in [3.05, 3.63) is 68.7 Å². The van der Waals surface area contributed by atoms with E-state index in [1.165, 1.54) is 5.56 Å². The molecular weight excluding hydrogens is 351 g/mol. The van der Waals surface area contributed by atoms with Crippen molar-refractivity contribution in [2.45, 2.75) is 13.1 Å². The number of benzene rings is 2. The zero-order chi connectivity index (χ0) is 16.2. The molecule has 0 saturated carbocycles. The summed E-state index contributed by atoms with van der Waals surface area (Å²) in [4.78, 5) is 4.86. The fourth-order valence-electron chi connectivity index (χ4n) is 2.91. The van der Waals surface area contributed by atoms with Gasteiger partial charge in [-0.2, -0.15) is 0 Å². The first-order valence-corrected chi connectivity index (χ1v) is 8.87. The lowest BCUT2D eigenvalue weighted by Gasteiger charge is -2.35. The van der Waals surface area contributed by atoms with Crippen LogP contribution in [0.1, 0.15) is 11.1 Å². The first kappa shape index (κ1) is 17.1. The van der Waals surface area contributed by atoms with E-state index in [1.54, 1.807) is 0 Å². The van der Waals surface area contributed by atoms with Gasteiger partial charge in [-0.3, -0.25) is 9.80 Å². The van der Waals surface area contributed by atoms with Crippen LogP contribution in [0.5, 0.6) is 0 Å². The fraction of sp³-hybridized carbons (Fsp3) is 0.333. The molecule has 0 spiro atoms. The summed E-state index contributed by atoms with van der Waals surface area (Å²) < 4.78 is 0. The van der Waals surface area contributed by atoms with Gasteiger partial charge in [0.15, 0.2) is 0 Å². The molecule has 0 amide bonds. The van der Waals surface area contributed by atoms with Crippen LogP contribution in [0.3, 0.4) is 0 Å². The summed E-state index contributed by atoms with van der Waals surface area (Å²) in [5.41, 5.74) is 2.29. The first-order chi connectivity index (χ1) is 11.1. The number of hydrogen-bond donors (Lipinski definition) is 0. The van der Waals surface area contributed by atoms with Crippen molar-refractivity contribution in [3.63, 3.8) is 0 Å². The van der Waals surface area contributed by atoms with Crippen LogP contribution in [0.2, 0.25) is 15.1 Å². The van der Waals surface area contributed by atoms with E-state index in [-0.39, 0.29) is 0 Å². The molecule has 1 heterocycles. The van der Waals surface area contributed by atoms with Gasteiger partial charge in [-0.25, -0.2) is 0 Å². The molecule has 23 heavy (non-hydrogen) atoms. The van der Waals surface area contributed by atoms with Gasteiger partial charge in [-0.15, -0.1) is 0 Å². The van der Waals surface area contributed by atoms with Gasteiger partial charge in [-0.05, 0) is 29.8 Å². The third-order valence-electron chi connectivity index (χ3n) is 4.20.